The van der Waals surface area contributed by atoms with Crippen molar-refractivity contribution in [3.63, 3.8) is 0 Å². The third kappa shape index (κ3) is 3.66. The molecular weight excluding hydrogens is 380 g/mol. The first-order valence-corrected chi connectivity index (χ1v) is 10.4. The lowest BCUT2D eigenvalue weighted by atomic mass is 10.1. The normalized spacial score (nSPS) is 11.0. The Labute approximate surface area is 182 Å². The fraction of sp³-hybridized carbons (Fsp3) is 0.0714. The number of aromatic nitrogens is 1. The van der Waals surface area contributed by atoms with Crippen LogP contribution in [0.3, 0.4) is 0 Å². The zero-order valence-electron chi connectivity index (χ0n) is 17.5. The van der Waals surface area contributed by atoms with E-state index in [0.717, 1.165) is 29.2 Å². The zero-order valence-corrected chi connectivity index (χ0v) is 17.5. The molecule has 0 amide bonds. The van der Waals surface area contributed by atoms with Crippen LogP contribution in [0.25, 0.3) is 27.9 Å². The van der Waals surface area contributed by atoms with Crippen molar-refractivity contribution >= 4 is 39.3 Å². The maximum atomic E-state index is 5.25. The summed E-state index contributed by atoms with van der Waals surface area (Å²) in [6, 6.07) is 31.8. The second-order valence-electron chi connectivity index (χ2n) is 7.63. The van der Waals surface area contributed by atoms with Gasteiger partial charge in [0.1, 0.15) is 5.75 Å². The largest absolute Gasteiger partial charge is 0.497 e. The highest BCUT2D eigenvalue weighted by atomic mass is 16.5. The standard InChI is InChI=1S/C28H24N2O/c1-3-20-8-10-21(11-9-20)19-30-27-7-5-4-6-25(27)26-18-23(14-17-28(26)30)29-22-12-15-24(31-2)16-13-22/h3-18,29H,1,19H2,2H3. The van der Waals surface area contributed by atoms with Crippen molar-refractivity contribution in [2.75, 3.05) is 12.4 Å². The Bertz CT molecular complexity index is 1360. The van der Waals surface area contributed by atoms with E-state index in [1.807, 2.05) is 30.3 Å². The number of methoxy groups -OCH3 is 1. The molecule has 0 fully saturated rings. The molecule has 152 valence electrons. The van der Waals surface area contributed by atoms with Gasteiger partial charge in [0.25, 0.3) is 0 Å². The maximum absolute atomic E-state index is 5.25. The molecule has 0 radical (unpaired) electrons. The molecule has 4 aromatic carbocycles. The third-order valence-electron chi connectivity index (χ3n) is 5.71. The van der Waals surface area contributed by atoms with Crippen LogP contribution in [-0.2, 0) is 6.54 Å². The number of nitrogens with zero attached hydrogens (tertiary/aromatic N) is 1. The Morgan fingerprint density at radius 3 is 2.26 bits per heavy atom. The van der Waals surface area contributed by atoms with Gasteiger partial charge in [-0.05, 0) is 59.7 Å². The topological polar surface area (TPSA) is 26.2 Å². The molecule has 0 unspecified atom stereocenters. The molecule has 5 rings (SSSR count). The van der Waals surface area contributed by atoms with Crippen LogP contribution in [0, 0.1) is 0 Å². The van der Waals surface area contributed by atoms with E-state index in [1.54, 1.807) is 7.11 Å². The molecule has 0 bridgehead atoms. The third-order valence-corrected chi connectivity index (χ3v) is 5.71. The van der Waals surface area contributed by atoms with Crippen molar-refractivity contribution in [2.24, 2.45) is 0 Å². The highest BCUT2D eigenvalue weighted by Crippen LogP contribution is 2.32. The second kappa shape index (κ2) is 8.04. The molecule has 1 heterocycles. The summed E-state index contributed by atoms with van der Waals surface area (Å²) >= 11 is 0. The van der Waals surface area contributed by atoms with E-state index in [-0.39, 0.29) is 0 Å². The van der Waals surface area contributed by atoms with Crippen molar-refractivity contribution in [1.82, 2.24) is 4.57 Å². The molecule has 3 heteroatoms. The number of hydrogen-bond donors (Lipinski definition) is 1. The predicted octanol–water partition coefficient (Wildman–Crippen LogP) is 7.24. The molecule has 0 atom stereocenters. The average molecular weight is 405 g/mol. The second-order valence-corrected chi connectivity index (χ2v) is 7.63. The van der Waals surface area contributed by atoms with Crippen molar-refractivity contribution in [3.05, 3.63) is 109 Å². The Hall–Kier alpha value is -3.98. The van der Waals surface area contributed by atoms with Gasteiger partial charge >= 0.3 is 0 Å². The lowest BCUT2D eigenvalue weighted by Crippen LogP contribution is -1.99. The van der Waals surface area contributed by atoms with E-state index in [0.29, 0.717) is 0 Å². The first-order chi connectivity index (χ1) is 15.2. The quantitative estimate of drug-likeness (QED) is 0.323. The zero-order chi connectivity index (χ0) is 21.2. The molecule has 0 saturated heterocycles. The number of para-hydroxylation sites is 1. The van der Waals surface area contributed by atoms with Crippen molar-refractivity contribution in [3.8, 4) is 5.75 Å². The highest BCUT2D eigenvalue weighted by molar-refractivity contribution is 6.09. The van der Waals surface area contributed by atoms with Crippen LogP contribution in [0.4, 0.5) is 11.4 Å². The summed E-state index contributed by atoms with van der Waals surface area (Å²) in [7, 11) is 1.68. The minimum absolute atomic E-state index is 0.826. The summed E-state index contributed by atoms with van der Waals surface area (Å²) in [6.07, 6.45) is 1.88. The molecule has 5 aromatic rings. The Morgan fingerprint density at radius 1 is 0.806 bits per heavy atom. The Morgan fingerprint density at radius 2 is 1.52 bits per heavy atom. The van der Waals surface area contributed by atoms with Gasteiger partial charge in [-0.15, -0.1) is 0 Å². The van der Waals surface area contributed by atoms with Gasteiger partial charge in [-0.2, -0.15) is 0 Å². The average Bonchev–Trinajstić information content (AvgIpc) is 3.13. The lowest BCUT2D eigenvalue weighted by Gasteiger charge is -2.10. The monoisotopic (exact) mass is 404 g/mol. The summed E-state index contributed by atoms with van der Waals surface area (Å²) in [4.78, 5) is 0. The molecular formula is C28H24N2O. The van der Waals surface area contributed by atoms with E-state index in [9.17, 15) is 0 Å². The molecule has 0 aliphatic carbocycles. The Kier molecular flexibility index (Phi) is 4.93. The summed E-state index contributed by atoms with van der Waals surface area (Å²) in [6.45, 7) is 4.67. The van der Waals surface area contributed by atoms with Gasteiger partial charge in [-0.3, -0.25) is 0 Å². The minimum atomic E-state index is 0.826. The molecule has 0 spiro atoms. The SMILES string of the molecule is C=Cc1ccc(Cn2c3ccccc3c3cc(Nc4ccc(OC)cc4)ccc32)cc1. The number of hydrogen-bond acceptors (Lipinski definition) is 2. The van der Waals surface area contributed by atoms with Crippen LogP contribution < -0.4 is 10.1 Å². The summed E-state index contributed by atoms with van der Waals surface area (Å²) in [5.74, 6) is 0.852. The van der Waals surface area contributed by atoms with Crippen LogP contribution in [0.1, 0.15) is 11.1 Å². The smallest absolute Gasteiger partial charge is 0.119 e. The van der Waals surface area contributed by atoms with Crippen LogP contribution in [-0.4, -0.2) is 11.7 Å². The molecule has 0 saturated carbocycles. The highest BCUT2D eigenvalue weighted by Gasteiger charge is 2.11. The van der Waals surface area contributed by atoms with Crippen LogP contribution >= 0.6 is 0 Å². The number of ether oxygens (including phenoxy) is 1. The van der Waals surface area contributed by atoms with E-state index in [2.05, 4.69) is 83.2 Å². The predicted molar refractivity (Wildman–Crippen MR) is 131 cm³/mol. The van der Waals surface area contributed by atoms with E-state index in [4.69, 9.17) is 4.74 Å². The minimum Gasteiger partial charge on any atom is -0.497 e. The first-order valence-electron chi connectivity index (χ1n) is 10.4. The van der Waals surface area contributed by atoms with E-state index >= 15 is 0 Å². The summed E-state index contributed by atoms with van der Waals surface area (Å²) in [5, 5.41) is 6.02. The van der Waals surface area contributed by atoms with Gasteiger partial charge < -0.3 is 14.6 Å². The molecule has 1 aromatic heterocycles. The number of nitrogens with one attached hydrogen (secondary N) is 1. The van der Waals surface area contributed by atoms with E-state index in [1.165, 1.54) is 27.4 Å². The van der Waals surface area contributed by atoms with Crippen molar-refractivity contribution < 1.29 is 4.74 Å². The number of fused-ring (bicyclic) bond motifs is 3. The summed E-state index contributed by atoms with van der Waals surface area (Å²) < 4.78 is 7.65. The fourth-order valence-electron chi connectivity index (χ4n) is 4.08. The molecule has 3 nitrogen and oxygen atoms in total. The van der Waals surface area contributed by atoms with E-state index < -0.39 is 0 Å². The van der Waals surface area contributed by atoms with Crippen molar-refractivity contribution in [1.29, 1.82) is 0 Å². The van der Waals surface area contributed by atoms with Gasteiger partial charge in [0.05, 0.1) is 7.11 Å². The van der Waals surface area contributed by atoms with Gasteiger partial charge in [0.15, 0.2) is 0 Å². The lowest BCUT2D eigenvalue weighted by molar-refractivity contribution is 0.415. The molecule has 31 heavy (non-hydrogen) atoms. The molecule has 1 N–H and O–H groups in total. The van der Waals surface area contributed by atoms with Crippen LogP contribution in [0.15, 0.2) is 97.6 Å². The molecule has 0 aliphatic rings. The van der Waals surface area contributed by atoms with Gasteiger partial charge in [-0.25, -0.2) is 0 Å². The van der Waals surface area contributed by atoms with Gasteiger partial charge in [0.2, 0.25) is 0 Å². The fourth-order valence-corrected chi connectivity index (χ4v) is 4.08. The first kappa shape index (κ1) is 19.0. The van der Waals surface area contributed by atoms with Gasteiger partial charge in [0, 0.05) is 39.7 Å². The number of anilines is 2. The molecule has 0 aliphatic heterocycles. The van der Waals surface area contributed by atoms with Gasteiger partial charge in [-0.1, -0.05) is 55.1 Å². The maximum Gasteiger partial charge on any atom is 0.119 e. The van der Waals surface area contributed by atoms with Crippen LogP contribution in [0.2, 0.25) is 0 Å². The summed E-state index contributed by atoms with van der Waals surface area (Å²) in [5.41, 5.74) is 6.98. The van der Waals surface area contributed by atoms with Crippen LogP contribution in [0.5, 0.6) is 5.75 Å². The number of benzene rings is 4. The number of rotatable bonds is 6. The van der Waals surface area contributed by atoms with Crippen molar-refractivity contribution in [2.45, 2.75) is 6.54 Å². The Balaban J connectivity index is 1.55.